The summed E-state index contributed by atoms with van der Waals surface area (Å²) in [5, 5.41) is 0. The highest BCUT2D eigenvalue weighted by Gasteiger charge is 2.47. The molecule has 4 aromatic carbocycles. The van der Waals surface area contributed by atoms with Gasteiger partial charge in [-0.2, -0.15) is 0 Å². The lowest BCUT2D eigenvalue weighted by molar-refractivity contribution is -0.151. The Labute approximate surface area is 282 Å². The van der Waals surface area contributed by atoms with Crippen LogP contribution in [0.5, 0.6) is 5.75 Å². The minimum atomic E-state index is -0.425. The van der Waals surface area contributed by atoms with E-state index in [1.807, 2.05) is 97.1 Å². The lowest BCUT2D eigenvalue weighted by Gasteiger charge is -2.42. The molecule has 5 nitrogen and oxygen atoms in total. The molecule has 4 aromatic rings. The number of halogens is 3. The Bertz CT molecular complexity index is 1590. The SMILES string of the molecule is O=C1C(c2ccc(OCc3ccc(Br)cc3)cc2)=COC2CC(OCc3ccc(Br)cc3)CC(OCc3ccc(Br)cc3)C12. The Morgan fingerprint density at radius 2 is 1.16 bits per heavy atom. The molecule has 0 bridgehead atoms. The van der Waals surface area contributed by atoms with E-state index in [-0.39, 0.29) is 24.1 Å². The zero-order valence-electron chi connectivity index (χ0n) is 23.8. The van der Waals surface area contributed by atoms with Crippen LogP contribution in [0.3, 0.4) is 0 Å². The molecule has 4 unspecified atom stereocenters. The maximum Gasteiger partial charge on any atom is 0.175 e. The van der Waals surface area contributed by atoms with Gasteiger partial charge in [-0.3, -0.25) is 4.79 Å². The molecule has 226 valence electrons. The van der Waals surface area contributed by atoms with Crippen molar-refractivity contribution in [3.63, 3.8) is 0 Å². The number of benzene rings is 4. The van der Waals surface area contributed by atoms with Crippen LogP contribution >= 0.6 is 47.8 Å². The smallest absolute Gasteiger partial charge is 0.175 e. The second-order valence-corrected chi connectivity index (χ2v) is 13.8. The molecule has 0 saturated heterocycles. The quantitative estimate of drug-likeness (QED) is 0.161. The highest BCUT2D eigenvalue weighted by molar-refractivity contribution is 9.11. The monoisotopic (exact) mass is 780 g/mol. The zero-order valence-corrected chi connectivity index (χ0v) is 28.6. The van der Waals surface area contributed by atoms with Gasteiger partial charge in [0.05, 0.1) is 43.2 Å². The third-order valence-corrected chi connectivity index (χ3v) is 9.57. The van der Waals surface area contributed by atoms with Gasteiger partial charge in [-0.05, 0) is 70.8 Å². The van der Waals surface area contributed by atoms with Crippen molar-refractivity contribution in [3.05, 3.63) is 139 Å². The number of hydrogen-bond donors (Lipinski definition) is 0. The molecule has 0 radical (unpaired) electrons. The van der Waals surface area contributed by atoms with Crippen LogP contribution in [0, 0.1) is 5.92 Å². The summed E-state index contributed by atoms with van der Waals surface area (Å²) >= 11 is 10.4. The largest absolute Gasteiger partial charge is 0.496 e. The van der Waals surface area contributed by atoms with Gasteiger partial charge in [0, 0.05) is 26.3 Å². The second-order valence-electron chi connectivity index (χ2n) is 11.0. The van der Waals surface area contributed by atoms with Crippen molar-refractivity contribution in [2.45, 2.75) is 51.0 Å². The van der Waals surface area contributed by atoms with E-state index >= 15 is 0 Å². The average molecular weight is 783 g/mol. The van der Waals surface area contributed by atoms with Crippen LogP contribution in [0.4, 0.5) is 0 Å². The van der Waals surface area contributed by atoms with E-state index in [0.29, 0.717) is 38.2 Å². The number of allylic oxidation sites excluding steroid dienone is 1. The third-order valence-electron chi connectivity index (χ3n) is 7.98. The molecule has 2 aliphatic rings. The lowest BCUT2D eigenvalue weighted by atomic mass is 9.75. The summed E-state index contributed by atoms with van der Waals surface area (Å²) in [6, 6.07) is 31.8. The zero-order chi connectivity index (χ0) is 30.5. The predicted molar refractivity (Wildman–Crippen MR) is 181 cm³/mol. The molecule has 1 aliphatic heterocycles. The average Bonchev–Trinajstić information content (AvgIpc) is 3.04. The summed E-state index contributed by atoms with van der Waals surface area (Å²) in [6.45, 7) is 1.35. The first-order valence-electron chi connectivity index (χ1n) is 14.5. The molecule has 0 N–H and O–H groups in total. The number of hydrogen-bond acceptors (Lipinski definition) is 5. The summed E-state index contributed by atoms with van der Waals surface area (Å²) in [7, 11) is 0. The highest BCUT2D eigenvalue weighted by atomic mass is 79.9. The molecule has 0 amide bonds. The second kappa shape index (κ2) is 14.6. The van der Waals surface area contributed by atoms with Gasteiger partial charge >= 0.3 is 0 Å². The molecular weight excluding hydrogens is 752 g/mol. The summed E-state index contributed by atoms with van der Waals surface area (Å²) in [5.74, 6) is 0.349. The molecular formula is C36H31Br3O5. The number of carbonyl (C=O) groups excluding carboxylic acids is 1. The number of ketones is 1. The molecule has 0 spiro atoms. The van der Waals surface area contributed by atoms with Crippen molar-refractivity contribution in [1.82, 2.24) is 0 Å². The topological polar surface area (TPSA) is 54.0 Å². The van der Waals surface area contributed by atoms with Crippen molar-refractivity contribution in [2.75, 3.05) is 0 Å². The first-order valence-corrected chi connectivity index (χ1v) is 16.9. The van der Waals surface area contributed by atoms with Crippen LogP contribution < -0.4 is 4.74 Å². The van der Waals surface area contributed by atoms with Crippen LogP contribution in [-0.4, -0.2) is 24.1 Å². The maximum atomic E-state index is 14.1. The van der Waals surface area contributed by atoms with Gasteiger partial charge in [-0.1, -0.05) is 96.3 Å². The van der Waals surface area contributed by atoms with Crippen LogP contribution in [-0.2, 0) is 38.8 Å². The predicted octanol–water partition coefficient (Wildman–Crippen LogP) is 9.44. The van der Waals surface area contributed by atoms with E-state index < -0.39 is 5.92 Å². The van der Waals surface area contributed by atoms with E-state index in [0.717, 1.165) is 41.4 Å². The number of carbonyl (C=O) groups is 1. The minimum absolute atomic E-state index is 0.0388. The van der Waals surface area contributed by atoms with Gasteiger partial charge in [0.25, 0.3) is 0 Å². The standard InChI is InChI=1S/C36H31Br3O5/c37-27-9-1-23(2-10-27)19-41-30-15-7-26(8-16-30)32-22-44-34-18-31(42-20-24-3-11-28(38)12-4-24)17-33(35(34)36(32)40)43-21-25-5-13-29(39)14-6-25/h1-16,22,31,33-35H,17-21H2. The Morgan fingerprint density at radius 3 is 1.73 bits per heavy atom. The van der Waals surface area contributed by atoms with E-state index in [1.54, 1.807) is 6.26 Å². The molecule has 1 aliphatic carbocycles. The molecule has 1 heterocycles. The third kappa shape index (κ3) is 7.90. The maximum absolute atomic E-state index is 14.1. The summed E-state index contributed by atoms with van der Waals surface area (Å²) in [4.78, 5) is 14.1. The first kappa shape index (κ1) is 31.2. The van der Waals surface area contributed by atoms with Crippen LogP contribution in [0.2, 0.25) is 0 Å². The van der Waals surface area contributed by atoms with Gasteiger partial charge in [-0.25, -0.2) is 0 Å². The van der Waals surface area contributed by atoms with Crippen molar-refractivity contribution >= 4 is 59.1 Å². The van der Waals surface area contributed by atoms with Crippen molar-refractivity contribution < 1.29 is 23.7 Å². The Hall–Kier alpha value is -2.75. The fourth-order valence-electron chi connectivity index (χ4n) is 5.59. The van der Waals surface area contributed by atoms with E-state index in [9.17, 15) is 4.79 Å². The molecule has 1 fully saturated rings. The summed E-state index contributed by atoms with van der Waals surface area (Å²) < 4.78 is 28.1. The molecule has 4 atom stereocenters. The molecule has 6 rings (SSSR count). The molecule has 8 heteroatoms. The van der Waals surface area contributed by atoms with Crippen LogP contribution in [0.25, 0.3) is 5.57 Å². The molecule has 0 aromatic heterocycles. The van der Waals surface area contributed by atoms with E-state index in [1.165, 1.54) is 0 Å². The fraction of sp³-hybridized carbons (Fsp3) is 0.250. The van der Waals surface area contributed by atoms with Gasteiger partial charge in [-0.15, -0.1) is 0 Å². The lowest BCUT2D eigenvalue weighted by Crippen LogP contribution is -2.50. The summed E-state index contributed by atoms with van der Waals surface area (Å²) in [5.41, 5.74) is 4.56. The van der Waals surface area contributed by atoms with Crippen molar-refractivity contribution in [2.24, 2.45) is 5.92 Å². The van der Waals surface area contributed by atoms with Crippen molar-refractivity contribution in [3.8, 4) is 5.75 Å². The Balaban J connectivity index is 1.15. The normalized spacial score (nSPS) is 21.2. The number of Topliss-reactive ketones (excluding diaryl/α,β-unsaturated/α-hetero) is 1. The fourth-order valence-corrected chi connectivity index (χ4v) is 6.39. The van der Waals surface area contributed by atoms with Crippen LogP contribution in [0.15, 0.2) is 117 Å². The minimum Gasteiger partial charge on any atom is -0.496 e. The highest BCUT2D eigenvalue weighted by Crippen LogP contribution is 2.39. The van der Waals surface area contributed by atoms with E-state index in [2.05, 4.69) is 47.8 Å². The van der Waals surface area contributed by atoms with Crippen molar-refractivity contribution in [1.29, 1.82) is 0 Å². The molecule has 1 saturated carbocycles. The Morgan fingerprint density at radius 1 is 0.636 bits per heavy atom. The van der Waals surface area contributed by atoms with Gasteiger partial charge in [0.1, 0.15) is 18.5 Å². The van der Waals surface area contributed by atoms with Gasteiger partial charge < -0.3 is 18.9 Å². The van der Waals surface area contributed by atoms with Gasteiger partial charge in [0.2, 0.25) is 0 Å². The Kier molecular flexibility index (Phi) is 10.3. The van der Waals surface area contributed by atoms with Crippen LogP contribution in [0.1, 0.15) is 35.1 Å². The number of fused-ring (bicyclic) bond motifs is 1. The number of rotatable bonds is 10. The van der Waals surface area contributed by atoms with Gasteiger partial charge in [0.15, 0.2) is 5.78 Å². The summed E-state index contributed by atoms with van der Waals surface area (Å²) in [6.07, 6.45) is 2.08. The first-order chi connectivity index (χ1) is 21.4. The molecule has 44 heavy (non-hydrogen) atoms. The van der Waals surface area contributed by atoms with E-state index in [4.69, 9.17) is 18.9 Å². The number of ether oxygens (including phenoxy) is 4.